The van der Waals surface area contributed by atoms with Gasteiger partial charge in [0, 0.05) is 24.5 Å². The summed E-state index contributed by atoms with van der Waals surface area (Å²) in [6, 6.07) is 1.83. The van der Waals surface area contributed by atoms with E-state index in [-0.39, 0.29) is 11.5 Å². The smallest absolute Gasteiger partial charge is 0.254 e. The van der Waals surface area contributed by atoms with Gasteiger partial charge in [-0.2, -0.15) is 5.10 Å². The Hall–Kier alpha value is -1.91. The largest absolute Gasteiger partial charge is 0.305 e. The van der Waals surface area contributed by atoms with Crippen LogP contribution in [0.2, 0.25) is 0 Å². The van der Waals surface area contributed by atoms with Gasteiger partial charge in [-0.1, -0.05) is 13.8 Å². The number of rotatable bonds is 2. The second-order valence-corrected chi connectivity index (χ2v) is 4.41. The van der Waals surface area contributed by atoms with Crippen LogP contribution in [-0.4, -0.2) is 19.7 Å². The first-order valence-corrected chi connectivity index (χ1v) is 5.60. The first-order valence-electron chi connectivity index (χ1n) is 5.60. The topological polar surface area (TPSA) is 63.6 Å². The standard InChI is InChI=1S/C12H16N4O/c1-7(2)10-8(3)14-11(15-12(10)17)9-5-6-13-16(9)4/h5-7H,1-4H3,(H,14,15,17). The van der Waals surface area contributed by atoms with Gasteiger partial charge >= 0.3 is 0 Å². The molecule has 0 aromatic carbocycles. The molecule has 0 radical (unpaired) electrons. The fourth-order valence-corrected chi connectivity index (χ4v) is 2.00. The number of aromatic nitrogens is 4. The lowest BCUT2D eigenvalue weighted by Gasteiger charge is -2.09. The van der Waals surface area contributed by atoms with Gasteiger partial charge in [0.1, 0.15) is 5.69 Å². The number of nitrogens with one attached hydrogen (secondary N) is 1. The van der Waals surface area contributed by atoms with E-state index in [1.165, 1.54) is 0 Å². The molecule has 2 aromatic heterocycles. The van der Waals surface area contributed by atoms with Crippen molar-refractivity contribution in [2.24, 2.45) is 7.05 Å². The fraction of sp³-hybridized carbons (Fsp3) is 0.417. The second-order valence-electron chi connectivity index (χ2n) is 4.41. The molecule has 0 saturated heterocycles. The minimum atomic E-state index is -0.0660. The minimum Gasteiger partial charge on any atom is -0.305 e. The van der Waals surface area contributed by atoms with Gasteiger partial charge in [0.05, 0.1) is 0 Å². The van der Waals surface area contributed by atoms with E-state index in [0.717, 1.165) is 17.0 Å². The lowest BCUT2D eigenvalue weighted by Crippen LogP contribution is -2.19. The minimum absolute atomic E-state index is 0.0660. The van der Waals surface area contributed by atoms with Gasteiger partial charge in [-0.15, -0.1) is 0 Å². The fourth-order valence-electron chi connectivity index (χ4n) is 2.00. The van der Waals surface area contributed by atoms with Gasteiger partial charge in [0.25, 0.3) is 5.56 Å². The van der Waals surface area contributed by atoms with E-state index in [0.29, 0.717) is 5.82 Å². The highest BCUT2D eigenvalue weighted by Crippen LogP contribution is 2.16. The number of aryl methyl sites for hydroxylation is 2. The maximum atomic E-state index is 12.0. The summed E-state index contributed by atoms with van der Waals surface area (Å²) in [5.74, 6) is 0.740. The average Bonchev–Trinajstić information content (AvgIpc) is 2.62. The number of nitrogens with zero attached hydrogens (tertiary/aromatic N) is 3. The predicted molar refractivity (Wildman–Crippen MR) is 65.9 cm³/mol. The van der Waals surface area contributed by atoms with Gasteiger partial charge in [-0.05, 0) is 18.9 Å². The molecule has 90 valence electrons. The first kappa shape index (κ1) is 11.6. The van der Waals surface area contributed by atoms with Crippen molar-refractivity contribution in [1.82, 2.24) is 19.7 Å². The van der Waals surface area contributed by atoms with Crippen LogP contribution in [0.5, 0.6) is 0 Å². The molecule has 0 saturated carbocycles. The maximum absolute atomic E-state index is 12.0. The molecule has 0 atom stereocenters. The summed E-state index contributed by atoms with van der Waals surface area (Å²) in [7, 11) is 1.82. The van der Waals surface area contributed by atoms with Crippen LogP contribution in [0, 0.1) is 6.92 Å². The van der Waals surface area contributed by atoms with Gasteiger partial charge in [-0.25, -0.2) is 4.98 Å². The second kappa shape index (κ2) is 4.16. The molecule has 2 aromatic rings. The van der Waals surface area contributed by atoms with Crippen LogP contribution in [0.4, 0.5) is 0 Å². The molecule has 5 heteroatoms. The van der Waals surface area contributed by atoms with E-state index < -0.39 is 0 Å². The summed E-state index contributed by atoms with van der Waals surface area (Å²) in [5.41, 5.74) is 2.26. The zero-order chi connectivity index (χ0) is 12.6. The van der Waals surface area contributed by atoms with Crippen molar-refractivity contribution < 1.29 is 0 Å². The number of hydrogen-bond donors (Lipinski definition) is 1. The summed E-state index contributed by atoms with van der Waals surface area (Å²) in [4.78, 5) is 19.2. The van der Waals surface area contributed by atoms with Gasteiger partial charge < -0.3 is 4.98 Å². The molecule has 0 amide bonds. The third-order valence-electron chi connectivity index (χ3n) is 2.79. The van der Waals surface area contributed by atoms with Crippen molar-refractivity contribution in [2.45, 2.75) is 26.7 Å². The van der Waals surface area contributed by atoms with Crippen molar-refractivity contribution in [2.75, 3.05) is 0 Å². The highest BCUT2D eigenvalue weighted by atomic mass is 16.1. The van der Waals surface area contributed by atoms with E-state index in [1.54, 1.807) is 10.9 Å². The quantitative estimate of drug-likeness (QED) is 0.855. The lowest BCUT2D eigenvalue weighted by molar-refractivity contribution is 0.763. The Bertz CT molecular complexity index is 595. The summed E-state index contributed by atoms with van der Waals surface area (Å²) in [6.07, 6.45) is 1.68. The number of hydrogen-bond acceptors (Lipinski definition) is 3. The molecule has 0 aliphatic carbocycles. The summed E-state index contributed by atoms with van der Waals surface area (Å²) in [6.45, 7) is 5.84. The number of H-pyrrole nitrogens is 1. The van der Waals surface area contributed by atoms with Gasteiger partial charge in [0.2, 0.25) is 0 Å². The Morgan fingerprint density at radius 2 is 2.12 bits per heavy atom. The van der Waals surface area contributed by atoms with E-state index >= 15 is 0 Å². The third-order valence-corrected chi connectivity index (χ3v) is 2.79. The van der Waals surface area contributed by atoms with E-state index in [9.17, 15) is 4.79 Å². The van der Waals surface area contributed by atoms with E-state index in [1.807, 2.05) is 33.9 Å². The average molecular weight is 232 g/mol. The Morgan fingerprint density at radius 3 is 2.59 bits per heavy atom. The molecule has 17 heavy (non-hydrogen) atoms. The van der Waals surface area contributed by atoms with Crippen molar-refractivity contribution in [3.05, 3.63) is 33.9 Å². The van der Waals surface area contributed by atoms with Crippen LogP contribution in [0.3, 0.4) is 0 Å². The molecule has 1 N–H and O–H groups in total. The van der Waals surface area contributed by atoms with Gasteiger partial charge in [-0.3, -0.25) is 9.48 Å². The summed E-state index contributed by atoms with van der Waals surface area (Å²) >= 11 is 0. The Morgan fingerprint density at radius 1 is 1.41 bits per heavy atom. The van der Waals surface area contributed by atoms with Crippen LogP contribution < -0.4 is 5.56 Å². The van der Waals surface area contributed by atoms with Crippen LogP contribution in [0.1, 0.15) is 31.0 Å². The molecule has 0 aliphatic heterocycles. The summed E-state index contributed by atoms with van der Waals surface area (Å²) < 4.78 is 1.69. The van der Waals surface area contributed by atoms with E-state index in [4.69, 9.17) is 0 Å². The maximum Gasteiger partial charge on any atom is 0.254 e. The van der Waals surface area contributed by atoms with E-state index in [2.05, 4.69) is 15.1 Å². The molecule has 0 aliphatic rings. The zero-order valence-corrected chi connectivity index (χ0v) is 10.5. The molecular formula is C12H16N4O. The van der Waals surface area contributed by atoms with Crippen LogP contribution in [0.15, 0.2) is 17.1 Å². The molecule has 0 unspecified atom stereocenters. The SMILES string of the molecule is Cc1nc(-c2ccnn2C)[nH]c(=O)c1C(C)C. The summed E-state index contributed by atoms with van der Waals surface area (Å²) in [5, 5.41) is 4.06. The monoisotopic (exact) mass is 232 g/mol. The van der Waals surface area contributed by atoms with Crippen molar-refractivity contribution in [3.63, 3.8) is 0 Å². The molecular weight excluding hydrogens is 216 g/mol. The Kier molecular flexibility index (Phi) is 2.83. The third kappa shape index (κ3) is 2.00. The molecule has 2 heterocycles. The Balaban J connectivity index is 2.61. The molecule has 0 fully saturated rings. The molecule has 0 spiro atoms. The molecule has 0 bridgehead atoms. The van der Waals surface area contributed by atoms with Crippen LogP contribution in [-0.2, 0) is 7.05 Å². The zero-order valence-electron chi connectivity index (χ0n) is 10.5. The van der Waals surface area contributed by atoms with Gasteiger partial charge in [0.15, 0.2) is 5.82 Å². The van der Waals surface area contributed by atoms with Crippen molar-refractivity contribution in [3.8, 4) is 11.5 Å². The van der Waals surface area contributed by atoms with Crippen LogP contribution in [0.25, 0.3) is 11.5 Å². The molecule has 5 nitrogen and oxygen atoms in total. The van der Waals surface area contributed by atoms with Crippen molar-refractivity contribution in [1.29, 1.82) is 0 Å². The number of aromatic amines is 1. The highest BCUT2D eigenvalue weighted by Gasteiger charge is 2.13. The normalized spacial score (nSPS) is 11.1. The Labute approximate surface area is 99.5 Å². The molecule has 2 rings (SSSR count). The predicted octanol–water partition coefficient (Wildman–Crippen LogP) is 1.60. The first-order chi connectivity index (χ1) is 8.00. The lowest BCUT2D eigenvalue weighted by atomic mass is 10.0. The highest BCUT2D eigenvalue weighted by molar-refractivity contribution is 5.49. The van der Waals surface area contributed by atoms with Crippen LogP contribution >= 0.6 is 0 Å². The van der Waals surface area contributed by atoms with Crippen molar-refractivity contribution >= 4 is 0 Å².